The van der Waals surface area contributed by atoms with E-state index in [4.69, 9.17) is 0 Å². The van der Waals surface area contributed by atoms with Crippen molar-refractivity contribution in [2.45, 2.75) is 43.3 Å². The summed E-state index contributed by atoms with van der Waals surface area (Å²) in [5, 5.41) is 0.582. The maximum atomic E-state index is 12.6. The van der Waals surface area contributed by atoms with Crippen molar-refractivity contribution in [3.05, 3.63) is 29.8 Å². The summed E-state index contributed by atoms with van der Waals surface area (Å²) in [4.78, 5) is 14.7. The smallest absolute Gasteiger partial charge is 0.253 e. The van der Waals surface area contributed by atoms with Crippen LogP contribution in [0.3, 0.4) is 0 Å². The molecule has 1 unspecified atom stereocenters. The van der Waals surface area contributed by atoms with E-state index in [0.29, 0.717) is 22.1 Å². The summed E-state index contributed by atoms with van der Waals surface area (Å²) in [6.07, 6.45) is 2.51. The third kappa shape index (κ3) is 4.98. The van der Waals surface area contributed by atoms with Crippen molar-refractivity contribution < 1.29 is 13.2 Å². The van der Waals surface area contributed by atoms with Gasteiger partial charge in [-0.05, 0) is 37.1 Å². The van der Waals surface area contributed by atoms with Gasteiger partial charge in [-0.3, -0.25) is 4.79 Å². The number of hydrogen-bond acceptors (Lipinski definition) is 4. The van der Waals surface area contributed by atoms with Crippen molar-refractivity contribution in [2.75, 3.05) is 24.6 Å². The fourth-order valence-corrected chi connectivity index (χ4v) is 4.99. The zero-order valence-electron chi connectivity index (χ0n) is 13.8. The summed E-state index contributed by atoms with van der Waals surface area (Å²) < 4.78 is 24.3. The lowest BCUT2D eigenvalue weighted by Crippen LogP contribution is -2.33. The Morgan fingerprint density at radius 1 is 1.26 bits per heavy atom. The van der Waals surface area contributed by atoms with Gasteiger partial charge in [0.1, 0.15) is 0 Å². The van der Waals surface area contributed by atoms with Crippen LogP contribution in [0.1, 0.15) is 43.5 Å². The molecule has 0 spiro atoms. The third-order valence-electron chi connectivity index (χ3n) is 4.08. The molecule has 1 heterocycles. The Labute approximate surface area is 143 Å². The van der Waals surface area contributed by atoms with Gasteiger partial charge >= 0.3 is 0 Å². The molecule has 1 fully saturated rings. The molecule has 0 radical (unpaired) electrons. The van der Waals surface area contributed by atoms with E-state index >= 15 is 0 Å². The number of rotatable bonds is 5. The first-order valence-electron chi connectivity index (χ1n) is 8.17. The molecule has 1 aliphatic rings. The summed E-state index contributed by atoms with van der Waals surface area (Å²) >= 11 is 1.90. The highest BCUT2D eigenvalue weighted by atomic mass is 32.2. The Balaban J connectivity index is 2.08. The Kier molecular flexibility index (Phi) is 6.53. The summed E-state index contributed by atoms with van der Waals surface area (Å²) in [6, 6.07) is 6.41. The molecule has 6 heteroatoms. The lowest BCUT2D eigenvalue weighted by atomic mass is 10.2. The molecule has 4 nitrogen and oxygen atoms in total. The van der Waals surface area contributed by atoms with Gasteiger partial charge in [-0.1, -0.05) is 20.3 Å². The monoisotopic (exact) mass is 355 g/mol. The van der Waals surface area contributed by atoms with Gasteiger partial charge in [0.05, 0.1) is 10.6 Å². The number of nitrogens with zero attached hydrogens (tertiary/aromatic N) is 1. The number of carbonyl (C=O) groups is 1. The quantitative estimate of drug-likeness (QED) is 0.814. The Morgan fingerprint density at radius 2 is 1.96 bits per heavy atom. The standard InChI is InChI=1S/C17H25NO3S2/c1-3-4-13-23(20,21)16-7-5-15(6-8-16)17(19)18-10-9-14(2)22-12-11-18/h5-8,14H,3-4,9-13H2,1-2H3. The molecule has 0 saturated carbocycles. The molecule has 23 heavy (non-hydrogen) atoms. The molecule has 0 aliphatic carbocycles. The second-order valence-electron chi connectivity index (χ2n) is 5.96. The predicted molar refractivity (Wildman–Crippen MR) is 95.8 cm³/mol. The molecule has 1 atom stereocenters. The van der Waals surface area contributed by atoms with Gasteiger partial charge in [0.15, 0.2) is 9.84 Å². The average Bonchev–Trinajstić information content (AvgIpc) is 2.77. The highest BCUT2D eigenvalue weighted by Gasteiger charge is 2.21. The SMILES string of the molecule is CCCCS(=O)(=O)c1ccc(C(=O)N2CCSC(C)CC2)cc1. The molecular weight excluding hydrogens is 330 g/mol. The van der Waals surface area contributed by atoms with Crippen LogP contribution in [-0.4, -0.2) is 49.1 Å². The lowest BCUT2D eigenvalue weighted by Gasteiger charge is -2.20. The Morgan fingerprint density at radius 3 is 2.61 bits per heavy atom. The fourth-order valence-electron chi connectivity index (χ4n) is 2.54. The van der Waals surface area contributed by atoms with Gasteiger partial charge in [-0.15, -0.1) is 0 Å². The number of sulfone groups is 1. The van der Waals surface area contributed by atoms with E-state index in [1.807, 2.05) is 23.6 Å². The highest BCUT2D eigenvalue weighted by Crippen LogP contribution is 2.21. The van der Waals surface area contributed by atoms with E-state index < -0.39 is 9.84 Å². The van der Waals surface area contributed by atoms with E-state index in [2.05, 4.69) is 6.92 Å². The maximum absolute atomic E-state index is 12.6. The zero-order chi connectivity index (χ0) is 16.9. The van der Waals surface area contributed by atoms with E-state index in [1.165, 1.54) is 0 Å². The number of thioether (sulfide) groups is 1. The molecular formula is C17H25NO3S2. The molecule has 0 bridgehead atoms. The maximum Gasteiger partial charge on any atom is 0.253 e. The predicted octanol–water partition coefficient (Wildman–Crippen LogP) is 3.23. The van der Waals surface area contributed by atoms with Gasteiger partial charge in [0, 0.05) is 29.7 Å². The first-order valence-corrected chi connectivity index (χ1v) is 10.9. The second kappa shape index (κ2) is 8.20. The minimum absolute atomic E-state index is 0.00259. The van der Waals surface area contributed by atoms with Crippen LogP contribution in [0.5, 0.6) is 0 Å². The fraction of sp³-hybridized carbons (Fsp3) is 0.588. The molecule has 1 aliphatic heterocycles. The van der Waals surface area contributed by atoms with Crippen molar-refractivity contribution in [2.24, 2.45) is 0 Å². The third-order valence-corrected chi connectivity index (χ3v) is 7.12. The lowest BCUT2D eigenvalue weighted by molar-refractivity contribution is 0.0767. The summed E-state index contributed by atoms with van der Waals surface area (Å²) in [7, 11) is -3.23. The van der Waals surface area contributed by atoms with Gasteiger partial charge in [-0.25, -0.2) is 8.42 Å². The minimum Gasteiger partial charge on any atom is -0.338 e. The Bertz CT molecular complexity index is 626. The summed E-state index contributed by atoms with van der Waals surface area (Å²) in [6.45, 7) is 5.68. The number of amides is 1. The number of carbonyl (C=O) groups excluding carboxylic acids is 1. The van der Waals surface area contributed by atoms with Crippen molar-refractivity contribution in [3.63, 3.8) is 0 Å². The van der Waals surface area contributed by atoms with Gasteiger partial charge in [-0.2, -0.15) is 11.8 Å². The van der Waals surface area contributed by atoms with E-state index in [9.17, 15) is 13.2 Å². The van der Waals surface area contributed by atoms with Crippen LogP contribution in [0.15, 0.2) is 29.2 Å². The van der Waals surface area contributed by atoms with Crippen LogP contribution >= 0.6 is 11.8 Å². The van der Waals surface area contributed by atoms with Crippen LogP contribution in [0.4, 0.5) is 0 Å². The number of benzene rings is 1. The topological polar surface area (TPSA) is 54.5 Å². The Hall–Kier alpha value is -1.01. The van der Waals surface area contributed by atoms with E-state index in [0.717, 1.165) is 31.7 Å². The van der Waals surface area contributed by atoms with Crippen molar-refractivity contribution in [3.8, 4) is 0 Å². The molecule has 0 N–H and O–H groups in total. The first kappa shape index (κ1) is 18.3. The van der Waals surface area contributed by atoms with Crippen molar-refractivity contribution in [1.82, 2.24) is 4.90 Å². The van der Waals surface area contributed by atoms with Crippen molar-refractivity contribution in [1.29, 1.82) is 0 Å². The minimum atomic E-state index is -3.23. The normalized spacial score (nSPS) is 19.4. The molecule has 0 aromatic heterocycles. The highest BCUT2D eigenvalue weighted by molar-refractivity contribution is 7.99. The van der Waals surface area contributed by atoms with Gasteiger partial charge < -0.3 is 4.90 Å². The molecule has 2 rings (SSSR count). The van der Waals surface area contributed by atoms with Crippen LogP contribution in [-0.2, 0) is 9.84 Å². The second-order valence-corrected chi connectivity index (χ2v) is 9.61. The molecule has 128 valence electrons. The zero-order valence-corrected chi connectivity index (χ0v) is 15.5. The van der Waals surface area contributed by atoms with Crippen LogP contribution in [0.25, 0.3) is 0 Å². The largest absolute Gasteiger partial charge is 0.338 e. The van der Waals surface area contributed by atoms with E-state index in [-0.39, 0.29) is 11.7 Å². The molecule has 1 aromatic rings. The first-order chi connectivity index (χ1) is 10.9. The van der Waals surface area contributed by atoms with Crippen molar-refractivity contribution >= 4 is 27.5 Å². The van der Waals surface area contributed by atoms with E-state index in [1.54, 1.807) is 24.3 Å². The molecule has 1 saturated heterocycles. The molecule has 1 aromatic carbocycles. The van der Waals surface area contributed by atoms with Crippen LogP contribution < -0.4 is 0 Å². The summed E-state index contributed by atoms with van der Waals surface area (Å²) in [5.41, 5.74) is 0.569. The molecule has 1 amide bonds. The summed E-state index contributed by atoms with van der Waals surface area (Å²) in [5.74, 6) is 1.12. The number of hydrogen-bond donors (Lipinski definition) is 0. The number of unbranched alkanes of at least 4 members (excludes halogenated alkanes) is 1. The van der Waals surface area contributed by atoms with Crippen LogP contribution in [0.2, 0.25) is 0 Å². The van der Waals surface area contributed by atoms with Crippen LogP contribution in [0, 0.1) is 0 Å². The van der Waals surface area contributed by atoms with Gasteiger partial charge in [0.25, 0.3) is 5.91 Å². The van der Waals surface area contributed by atoms with Gasteiger partial charge in [0.2, 0.25) is 0 Å². The average molecular weight is 356 g/mol.